The van der Waals surface area contributed by atoms with Crippen molar-refractivity contribution in [1.29, 1.82) is 0 Å². The summed E-state index contributed by atoms with van der Waals surface area (Å²) in [7, 11) is 0. The van der Waals surface area contributed by atoms with Crippen molar-refractivity contribution in [3.8, 4) is 11.4 Å². The van der Waals surface area contributed by atoms with E-state index < -0.39 is 0 Å². The van der Waals surface area contributed by atoms with Crippen molar-refractivity contribution in [2.75, 3.05) is 5.32 Å². The van der Waals surface area contributed by atoms with Crippen LogP contribution in [0.1, 0.15) is 5.56 Å². The fourth-order valence-corrected chi connectivity index (χ4v) is 2.20. The Hall–Kier alpha value is -2.46. The highest BCUT2D eigenvalue weighted by atomic mass is 35.5. The molecule has 0 atom stereocenters. The number of phenolic OH excluding ortho intramolecular Hbond substituents is 1. The van der Waals surface area contributed by atoms with Crippen molar-refractivity contribution in [2.24, 2.45) is 0 Å². The van der Waals surface area contributed by atoms with E-state index in [0.717, 1.165) is 16.9 Å². The predicted molar refractivity (Wildman–Crippen MR) is 84.0 cm³/mol. The minimum atomic E-state index is 0.0897. The van der Waals surface area contributed by atoms with Crippen LogP contribution >= 0.6 is 11.6 Å². The zero-order chi connectivity index (χ0) is 14.7. The summed E-state index contributed by atoms with van der Waals surface area (Å²) in [5.41, 5.74) is 3.10. The van der Waals surface area contributed by atoms with Crippen LogP contribution in [0.3, 0.4) is 0 Å². The summed E-state index contributed by atoms with van der Waals surface area (Å²) >= 11 is 5.87. The molecule has 1 heterocycles. The van der Waals surface area contributed by atoms with Crippen LogP contribution in [-0.2, 0) is 6.54 Å². The quantitative estimate of drug-likeness (QED) is 0.720. The Morgan fingerprint density at radius 2 is 1.95 bits per heavy atom. The molecule has 0 saturated carbocycles. The SMILES string of the molecule is Oc1ccc(NCc2ccc(-n3ccnc3)cc2)cc1Cl. The normalized spacial score (nSPS) is 10.5. The van der Waals surface area contributed by atoms with E-state index in [9.17, 15) is 5.11 Å². The maximum absolute atomic E-state index is 9.38. The number of rotatable bonds is 4. The van der Waals surface area contributed by atoms with Gasteiger partial charge in [-0.1, -0.05) is 23.7 Å². The maximum Gasteiger partial charge on any atom is 0.134 e. The number of hydrogen-bond acceptors (Lipinski definition) is 3. The third-order valence-electron chi connectivity index (χ3n) is 3.18. The van der Waals surface area contributed by atoms with Gasteiger partial charge in [0.2, 0.25) is 0 Å². The van der Waals surface area contributed by atoms with Gasteiger partial charge in [0, 0.05) is 30.3 Å². The van der Waals surface area contributed by atoms with Gasteiger partial charge >= 0.3 is 0 Å². The molecule has 3 aromatic rings. The van der Waals surface area contributed by atoms with E-state index in [4.69, 9.17) is 11.6 Å². The van der Waals surface area contributed by atoms with Gasteiger partial charge in [-0.25, -0.2) is 4.98 Å². The van der Waals surface area contributed by atoms with E-state index in [1.54, 1.807) is 30.7 Å². The van der Waals surface area contributed by atoms with Crippen molar-refractivity contribution in [3.63, 3.8) is 0 Å². The smallest absolute Gasteiger partial charge is 0.134 e. The number of halogens is 1. The van der Waals surface area contributed by atoms with Crippen LogP contribution in [0.15, 0.2) is 61.2 Å². The van der Waals surface area contributed by atoms with E-state index in [0.29, 0.717) is 11.6 Å². The molecule has 0 aliphatic heterocycles. The molecule has 2 N–H and O–H groups in total. The Labute approximate surface area is 127 Å². The molecule has 21 heavy (non-hydrogen) atoms. The second-order valence-electron chi connectivity index (χ2n) is 4.66. The number of aromatic hydroxyl groups is 1. The molecule has 2 aromatic carbocycles. The molecule has 0 saturated heterocycles. The standard InChI is InChI=1S/C16H14ClN3O/c17-15-9-13(3-6-16(15)21)19-10-12-1-4-14(5-2-12)20-8-7-18-11-20/h1-9,11,19,21H,10H2. The van der Waals surface area contributed by atoms with Crippen molar-refractivity contribution in [1.82, 2.24) is 9.55 Å². The first-order chi connectivity index (χ1) is 10.2. The van der Waals surface area contributed by atoms with Crippen LogP contribution in [0.4, 0.5) is 5.69 Å². The second-order valence-corrected chi connectivity index (χ2v) is 5.06. The molecule has 4 nitrogen and oxygen atoms in total. The average molecular weight is 300 g/mol. The van der Waals surface area contributed by atoms with Crippen LogP contribution in [0.2, 0.25) is 5.02 Å². The van der Waals surface area contributed by atoms with Gasteiger partial charge in [0.05, 0.1) is 11.3 Å². The molecule has 0 bridgehead atoms. The fraction of sp³-hybridized carbons (Fsp3) is 0.0625. The van der Waals surface area contributed by atoms with Gasteiger partial charge < -0.3 is 15.0 Å². The lowest BCUT2D eigenvalue weighted by atomic mass is 10.2. The number of anilines is 1. The van der Waals surface area contributed by atoms with E-state index >= 15 is 0 Å². The van der Waals surface area contributed by atoms with Gasteiger partial charge in [-0.15, -0.1) is 0 Å². The van der Waals surface area contributed by atoms with Crippen LogP contribution in [0.5, 0.6) is 5.75 Å². The van der Waals surface area contributed by atoms with Crippen LogP contribution in [0.25, 0.3) is 5.69 Å². The summed E-state index contributed by atoms with van der Waals surface area (Å²) in [6.45, 7) is 0.686. The maximum atomic E-state index is 9.38. The summed E-state index contributed by atoms with van der Waals surface area (Å²) in [5.74, 6) is 0.0897. The number of phenols is 1. The first kappa shape index (κ1) is 13.5. The minimum Gasteiger partial charge on any atom is -0.506 e. The van der Waals surface area contributed by atoms with Gasteiger partial charge in [-0.3, -0.25) is 0 Å². The molecule has 0 amide bonds. The van der Waals surface area contributed by atoms with Gasteiger partial charge in [0.25, 0.3) is 0 Å². The predicted octanol–water partition coefficient (Wildman–Crippen LogP) is 3.84. The molecule has 0 spiro atoms. The first-order valence-corrected chi connectivity index (χ1v) is 6.90. The molecular formula is C16H14ClN3O. The lowest BCUT2D eigenvalue weighted by Crippen LogP contribution is -1.99. The van der Waals surface area contributed by atoms with Gasteiger partial charge in [-0.05, 0) is 35.9 Å². The Morgan fingerprint density at radius 3 is 2.62 bits per heavy atom. The summed E-state index contributed by atoms with van der Waals surface area (Å²) in [4.78, 5) is 4.03. The summed E-state index contributed by atoms with van der Waals surface area (Å²) < 4.78 is 1.96. The first-order valence-electron chi connectivity index (χ1n) is 6.52. The lowest BCUT2D eigenvalue weighted by molar-refractivity contribution is 0.475. The Bertz CT molecular complexity index is 724. The largest absolute Gasteiger partial charge is 0.506 e. The van der Waals surface area contributed by atoms with Crippen molar-refractivity contribution >= 4 is 17.3 Å². The molecule has 0 unspecified atom stereocenters. The van der Waals surface area contributed by atoms with Gasteiger partial charge in [0.15, 0.2) is 0 Å². The van der Waals surface area contributed by atoms with Crippen molar-refractivity contribution in [3.05, 3.63) is 71.8 Å². The highest BCUT2D eigenvalue weighted by molar-refractivity contribution is 6.32. The van der Waals surface area contributed by atoms with Crippen molar-refractivity contribution < 1.29 is 5.11 Å². The number of nitrogens with zero attached hydrogens (tertiary/aromatic N) is 2. The number of hydrogen-bond donors (Lipinski definition) is 2. The molecule has 3 rings (SSSR count). The number of aromatic nitrogens is 2. The number of nitrogens with one attached hydrogen (secondary N) is 1. The molecule has 5 heteroatoms. The third kappa shape index (κ3) is 3.17. The van der Waals surface area contributed by atoms with Gasteiger partial charge in [0.1, 0.15) is 5.75 Å². The fourth-order valence-electron chi connectivity index (χ4n) is 2.02. The molecule has 0 aliphatic carbocycles. The summed E-state index contributed by atoms with van der Waals surface area (Å²) in [5, 5.41) is 13.0. The monoisotopic (exact) mass is 299 g/mol. The minimum absolute atomic E-state index is 0.0897. The third-order valence-corrected chi connectivity index (χ3v) is 3.49. The van der Waals surface area contributed by atoms with Gasteiger partial charge in [-0.2, -0.15) is 0 Å². The van der Waals surface area contributed by atoms with E-state index in [-0.39, 0.29) is 5.75 Å². The van der Waals surface area contributed by atoms with E-state index in [1.807, 2.05) is 22.9 Å². The molecule has 106 valence electrons. The van der Waals surface area contributed by atoms with Crippen LogP contribution in [0, 0.1) is 0 Å². The summed E-state index contributed by atoms with van der Waals surface area (Å²) in [6.07, 6.45) is 5.43. The van der Waals surface area contributed by atoms with Crippen molar-refractivity contribution in [2.45, 2.75) is 6.54 Å². The number of benzene rings is 2. The lowest BCUT2D eigenvalue weighted by Gasteiger charge is -2.09. The van der Waals surface area contributed by atoms with E-state index in [1.165, 1.54) is 0 Å². The van der Waals surface area contributed by atoms with Crippen LogP contribution < -0.4 is 5.32 Å². The molecule has 0 aliphatic rings. The zero-order valence-corrected chi connectivity index (χ0v) is 12.0. The Balaban J connectivity index is 1.66. The molecular weight excluding hydrogens is 286 g/mol. The molecule has 0 radical (unpaired) electrons. The highest BCUT2D eigenvalue weighted by Crippen LogP contribution is 2.26. The second kappa shape index (κ2) is 5.89. The average Bonchev–Trinajstić information content (AvgIpc) is 3.03. The molecule has 1 aromatic heterocycles. The Morgan fingerprint density at radius 1 is 1.14 bits per heavy atom. The number of imidazole rings is 1. The van der Waals surface area contributed by atoms with Crippen LogP contribution in [-0.4, -0.2) is 14.7 Å². The zero-order valence-electron chi connectivity index (χ0n) is 11.2. The Kier molecular flexibility index (Phi) is 3.79. The summed E-state index contributed by atoms with van der Waals surface area (Å²) in [6, 6.07) is 13.3. The highest BCUT2D eigenvalue weighted by Gasteiger charge is 2.00. The topological polar surface area (TPSA) is 50.1 Å². The molecule has 0 fully saturated rings. The van der Waals surface area contributed by atoms with E-state index in [2.05, 4.69) is 22.4 Å².